The van der Waals surface area contributed by atoms with Crippen LogP contribution < -0.4 is 0 Å². The van der Waals surface area contributed by atoms with Crippen LogP contribution >= 0.6 is 0 Å². The Bertz CT molecular complexity index is 347. The van der Waals surface area contributed by atoms with Crippen LogP contribution in [0.2, 0.25) is 0 Å². The van der Waals surface area contributed by atoms with Crippen molar-refractivity contribution in [3.8, 4) is 5.75 Å². The molecule has 0 aliphatic rings. The van der Waals surface area contributed by atoms with Crippen molar-refractivity contribution in [3.05, 3.63) is 29.1 Å². The third kappa shape index (κ3) is 2.18. The zero-order chi connectivity index (χ0) is 10.0. The number of phenols is 1. The minimum Gasteiger partial charge on any atom is -0.508 e. The van der Waals surface area contributed by atoms with Crippen LogP contribution in [0.1, 0.15) is 11.1 Å². The topological polar surface area (TPSA) is 57.5 Å². The minimum atomic E-state index is -1.09. The van der Waals surface area contributed by atoms with Crippen molar-refractivity contribution in [2.24, 2.45) is 0 Å². The van der Waals surface area contributed by atoms with E-state index in [1.54, 1.807) is 6.92 Å². The predicted molar refractivity (Wildman–Crippen MR) is 44.1 cm³/mol. The van der Waals surface area contributed by atoms with Crippen molar-refractivity contribution >= 4 is 5.97 Å². The molecule has 1 aromatic carbocycles. The maximum atomic E-state index is 13.0. The maximum absolute atomic E-state index is 13.0. The molecule has 0 aromatic heterocycles. The van der Waals surface area contributed by atoms with Crippen LogP contribution in [0.3, 0.4) is 0 Å². The van der Waals surface area contributed by atoms with Gasteiger partial charge in [0.25, 0.3) is 0 Å². The second-order valence-corrected chi connectivity index (χ2v) is 2.80. The highest BCUT2D eigenvalue weighted by Crippen LogP contribution is 2.20. The highest BCUT2D eigenvalue weighted by Gasteiger charge is 2.09. The molecule has 0 amide bonds. The quantitative estimate of drug-likeness (QED) is 0.731. The van der Waals surface area contributed by atoms with Gasteiger partial charge in [-0.1, -0.05) is 0 Å². The van der Waals surface area contributed by atoms with Crippen molar-refractivity contribution in [2.75, 3.05) is 0 Å². The number of halogens is 1. The van der Waals surface area contributed by atoms with E-state index in [1.807, 2.05) is 0 Å². The molecule has 0 aliphatic heterocycles. The Labute approximate surface area is 74.4 Å². The molecular weight excluding hydrogens is 175 g/mol. The molecule has 0 bridgehead atoms. The summed E-state index contributed by atoms with van der Waals surface area (Å²) in [6.45, 7) is 1.58. The van der Waals surface area contributed by atoms with Gasteiger partial charge < -0.3 is 10.2 Å². The fourth-order valence-electron chi connectivity index (χ4n) is 1.03. The van der Waals surface area contributed by atoms with Gasteiger partial charge >= 0.3 is 5.97 Å². The van der Waals surface area contributed by atoms with E-state index in [9.17, 15) is 9.18 Å². The van der Waals surface area contributed by atoms with Crippen LogP contribution in [0.5, 0.6) is 5.75 Å². The van der Waals surface area contributed by atoms with Crippen LogP contribution in [0.25, 0.3) is 0 Å². The van der Waals surface area contributed by atoms with E-state index >= 15 is 0 Å². The lowest BCUT2D eigenvalue weighted by Gasteiger charge is -2.03. The molecule has 1 aromatic rings. The number of hydrogen-bond acceptors (Lipinski definition) is 2. The first-order chi connectivity index (χ1) is 6.00. The Morgan fingerprint density at radius 3 is 2.69 bits per heavy atom. The van der Waals surface area contributed by atoms with Gasteiger partial charge in [-0.15, -0.1) is 0 Å². The summed E-state index contributed by atoms with van der Waals surface area (Å²) in [5.74, 6) is -1.94. The van der Waals surface area contributed by atoms with Gasteiger partial charge in [0, 0.05) is 6.07 Å². The Balaban J connectivity index is 3.08. The van der Waals surface area contributed by atoms with E-state index in [0.717, 1.165) is 6.07 Å². The molecule has 4 heteroatoms. The first-order valence-electron chi connectivity index (χ1n) is 3.70. The van der Waals surface area contributed by atoms with E-state index in [-0.39, 0.29) is 17.7 Å². The lowest BCUT2D eigenvalue weighted by Crippen LogP contribution is -2.02. The lowest BCUT2D eigenvalue weighted by atomic mass is 10.1. The van der Waals surface area contributed by atoms with Gasteiger partial charge in [-0.3, -0.25) is 4.79 Å². The molecule has 0 saturated heterocycles. The summed E-state index contributed by atoms with van der Waals surface area (Å²) in [5, 5.41) is 17.5. The molecule has 70 valence electrons. The van der Waals surface area contributed by atoms with Gasteiger partial charge in [-0.05, 0) is 24.1 Å². The number of hydrogen-bond donors (Lipinski definition) is 2. The van der Waals surface area contributed by atoms with E-state index in [2.05, 4.69) is 0 Å². The van der Waals surface area contributed by atoms with Crippen LogP contribution in [-0.4, -0.2) is 16.2 Å². The van der Waals surface area contributed by atoms with Crippen molar-refractivity contribution in [1.29, 1.82) is 0 Å². The number of aryl methyl sites for hydroxylation is 1. The lowest BCUT2D eigenvalue weighted by molar-refractivity contribution is -0.136. The number of phenolic OH excluding ortho intramolecular Hbond substituents is 1. The number of carbonyl (C=O) groups is 1. The van der Waals surface area contributed by atoms with Gasteiger partial charge in [-0.25, -0.2) is 4.39 Å². The molecule has 0 saturated carbocycles. The fraction of sp³-hybridized carbons (Fsp3) is 0.222. The molecule has 0 heterocycles. The van der Waals surface area contributed by atoms with Gasteiger partial charge in [-0.2, -0.15) is 0 Å². The normalized spacial score (nSPS) is 10.0. The summed E-state index contributed by atoms with van der Waals surface area (Å²) in [6.07, 6.45) is -0.368. The predicted octanol–water partition coefficient (Wildman–Crippen LogP) is 1.47. The van der Waals surface area contributed by atoms with E-state index < -0.39 is 11.8 Å². The van der Waals surface area contributed by atoms with Crippen molar-refractivity contribution in [3.63, 3.8) is 0 Å². The average Bonchev–Trinajstić information content (AvgIpc) is 1.99. The van der Waals surface area contributed by atoms with Crippen LogP contribution in [-0.2, 0) is 11.2 Å². The molecule has 1 rings (SSSR count). The largest absolute Gasteiger partial charge is 0.508 e. The Morgan fingerprint density at radius 2 is 2.15 bits per heavy atom. The molecule has 0 radical (unpaired) electrons. The van der Waals surface area contributed by atoms with Gasteiger partial charge in [0.05, 0.1) is 6.42 Å². The number of carboxylic acid groups (broad SMARTS) is 1. The Kier molecular flexibility index (Phi) is 2.51. The molecule has 2 N–H and O–H groups in total. The molecule has 0 unspecified atom stereocenters. The highest BCUT2D eigenvalue weighted by molar-refractivity contribution is 5.70. The highest BCUT2D eigenvalue weighted by atomic mass is 19.1. The number of rotatable bonds is 2. The van der Waals surface area contributed by atoms with E-state index in [0.29, 0.717) is 5.56 Å². The van der Waals surface area contributed by atoms with E-state index in [1.165, 1.54) is 6.07 Å². The fourth-order valence-corrected chi connectivity index (χ4v) is 1.03. The van der Waals surface area contributed by atoms with Crippen LogP contribution in [0.4, 0.5) is 4.39 Å². The smallest absolute Gasteiger partial charge is 0.307 e. The molecule has 0 spiro atoms. The van der Waals surface area contributed by atoms with Crippen molar-refractivity contribution in [1.82, 2.24) is 0 Å². The van der Waals surface area contributed by atoms with E-state index in [4.69, 9.17) is 10.2 Å². The van der Waals surface area contributed by atoms with Crippen LogP contribution in [0, 0.1) is 12.7 Å². The number of aliphatic carboxylic acids is 1. The first kappa shape index (κ1) is 9.51. The molecule has 0 atom stereocenters. The summed E-state index contributed by atoms with van der Waals surface area (Å²) >= 11 is 0. The zero-order valence-electron chi connectivity index (χ0n) is 7.04. The zero-order valence-corrected chi connectivity index (χ0v) is 7.04. The number of benzene rings is 1. The molecule has 0 fully saturated rings. The second kappa shape index (κ2) is 3.43. The average molecular weight is 184 g/mol. The maximum Gasteiger partial charge on any atom is 0.307 e. The second-order valence-electron chi connectivity index (χ2n) is 2.80. The molecule has 13 heavy (non-hydrogen) atoms. The number of aromatic hydroxyl groups is 1. The standard InChI is InChI=1S/C9H9FO3/c1-5-2-6(3-9(12)13)7(10)4-8(5)11/h2,4,11H,3H2,1H3,(H,12,13). The summed E-state index contributed by atoms with van der Waals surface area (Å²) < 4.78 is 13.0. The summed E-state index contributed by atoms with van der Waals surface area (Å²) in [5.41, 5.74) is 0.556. The minimum absolute atomic E-state index is 0.0859. The van der Waals surface area contributed by atoms with Gasteiger partial charge in [0.15, 0.2) is 0 Å². The number of carboxylic acids is 1. The summed E-state index contributed by atoms with van der Waals surface area (Å²) in [4.78, 5) is 10.3. The molecule has 3 nitrogen and oxygen atoms in total. The van der Waals surface area contributed by atoms with Crippen molar-refractivity contribution in [2.45, 2.75) is 13.3 Å². The van der Waals surface area contributed by atoms with Crippen LogP contribution in [0.15, 0.2) is 12.1 Å². The monoisotopic (exact) mass is 184 g/mol. The third-order valence-corrected chi connectivity index (χ3v) is 1.71. The van der Waals surface area contributed by atoms with Gasteiger partial charge in [0.1, 0.15) is 11.6 Å². The Morgan fingerprint density at radius 1 is 1.54 bits per heavy atom. The first-order valence-corrected chi connectivity index (χ1v) is 3.70. The SMILES string of the molecule is Cc1cc(CC(=O)O)c(F)cc1O. The Hall–Kier alpha value is -1.58. The molecular formula is C9H9FO3. The summed E-state index contributed by atoms with van der Waals surface area (Å²) in [6, 6.07) is 2.26. The van der Waals surface area contributed by atoms with Gasteiger partial charge in [0.2, 0.25) is 0 Å². The van der Waals surface area contributed by atoms with Crippen molar-refractivity contribution < 1.29 is 19.4 Å². The third-order valence-electron chi connectivity index (χ3n) is 1.71. The molecule has 0 aliphatic carbocycles. The summed E-state index contributed by atoms with van der Waals surface area (Å²) in [7, 11) is 0.